The van der Waals surface area contributed by atoms with Crippen molar-refractivity contribution in [2.24, 2.45) is 11.7 Å². The Labute approximate surface area is 56.4 Å². The quantitative estimate of drug-likeness (QED) is 0.531. The van der Waals surface area contributed by atoms with Crippen LogP contribution in [0.5, 0.6) is 0 Å². The zero-order valence-corrected chi connectivity index (χ0v) is 6.18. The van der Waals surface area contributed by atoms with E-state index in [9.17, 15) is 0 Å². The van der Waals surface area contributed by atoms with Crippen molar-refractivity contribution in [3.63, 3.8) is 0 Å². The molecule has 0 radical (unpaired) electrons. The number of hydrogen-bond donors (Lipinski definition) is 1. The summed E-state index contributed by atoms with van der Waals surface area (Å²) in [6, 6.07) is 0. The smallest absolute Gasteiger partial charge is 0.116 e. The maximum Gasteiger partial charge on any atom is 0.116 e. The lowest BCUT2D eigenvalue weighted by Gasteiger charge is -2.35. The van der Waals surface area contributed by atoms with Gasteiger partial charge in [0.25, 0.3) is 0 Å². The Morgan fingerprint density at radius 2 is 2.33 bits per heavy atom. The van der Waals surface area contributed by atoms with E-state index >= 15 is 0 Å². The van der Waals surface area contributed by atoms with Gasteiger partial charge in [-0.05, 0) is 25.7 Å². The van der Waals surface area contributed by atoms with E-state index in [-0.39, 0.29) is 5.72 Å². The summed E-state index contributed by atoms with van der Waals surface area (Å²) in [4.78, 5) is 0. The van der Waals surface area contributed by atoms with Gasteiger partial charge in [0.2, 0.25) is 0 Å². The van der Waals surface area contributed by atoms with E-state index < -0.39 is 0 Å². The van der Waals surface area contributed by atoms with Gasteiger partial charge < -0.3 is 10.5 Å². The van der Waals surface area contributed by atoms with E-state index in [4.69, 9.17) is 10.5 Å². The van der Waals surface area contributed by atoms with Crippen LogP contribution < -0.4 is 5.73 Å². The fourth-order valence-electron chi connectivity index (χ4n) is 1.11. The van der Waals surface area contributed by atoms with Gasteiger partial charge in [-0.3, -0.25) is 0 Å². The van der Waals surface area contributed by atoms with Crippen LogP contribution in [0.3, 0.4) is 0 Å². The summed E-state index contributed by atoms with van der Waals surface area (Å²) < 4.78 is 5.36. The van der Waals surface area contributed by atoms with Gasteiger partial charge in [-0.15, -0.1) is 0 Å². The molecule has 54 valence electrons. The molecule has 1 aliphatic heterocycles. The lowest BCUT2D eigenvalue weighted by atomic mass is 9.93. The minimum atomic E-state index is -0.363. The van der Waals surface area contributed by atoms with Gasteiger partial charge >= 0.3 is 0 Å². The van der Waals surface area contributed by atoms with E-state index in [1.54, 1.807) is 0 Å². The first kappa shape index (κ1) is 7.03. The zero-order chi connectivity index (χ0) is 6.91. The Hall–Kier alpha value is -0.0800. The van der Waals surface area contributed by atoms with Crippen LogP contribution in [-0.2, 0) is 4.74 Å². The maximum absolute atomic E-state index is 5.80. The van der Waals surface area contributed by atoms with Crippen LogP contribution in [0.1, 0.15) is 26.7 Å². The maximum atomic E-state index is 5.80. The third-order valence-electron chi connectivity index (χ3n) is 2.17. The van der Waals surface area contributed by atoms with Crippen LogP contribution in [0.4, 0.5) is 0 Å². The number of ether oxygens (including phenoxy) is 1. The van der Waals surface area contributed by atoms with Gasteiger partial charge in [0, 0.05) is 6.61 Å². The predicted molar refractivity (Wildman–Crippen MR) is 36.9 cm³/mol. The molecule has 0 bridgehead atoms. The highest BCUT2D eigenvalue weighted by atomic mass is 16.5. The lowest BCUT2D eigenvalue weighted by Crippen LogP contribution is -2.48. The molecule has 1 rings (SSSR count). The first-order valence-corrected chi connectivity index (χ1v) is 3.56. The summed E-state index contributed by atoms with van der Waals surface area (Å²) in [7, 11) is 0. The van der Waals surface area contributed by atoms with Gasteiger partial charge in [-0.2, -0.15) is 0 Å². The highest BCUT2D eigenvalue weighted by Gasteiger charge is 2.29. The Balaban J connectivity index is 2.49. The van der Waals surface area contributed by atoms with Crippen LogP contribution in [0.25, 0.3) is 0 Å². The van der Waals surface area contributed by atoms with Crippen LogP contribution in [0, 0.1) is 5.92 Å². The molecule has 1 saturated heterocycles. The summed E-state index contributed by atoms with van der Waals surface area (Å²) in [5, 5.41) is 0. The van der Waals surface area contributed by atoms with Crippen molar-refractivity contribution in [1.29, 1.82) is 0 Å². The van der Waals surface area contributed by atoms with E-state index in [0.717, 1.165) is 13.0 Å². The molecular weight excluding hydrogens is 114 g/mol. The van der Waals surface area contributed by atoms with Crippen LogP contribution in [0.2, 0.25) is 0 Å². The molecule has 1 fully saturated rings. The predicted octanol–water partition coefficient (Wildman–Crippen LogP) is 1.11. The van der Waals surface area contributed by atoms with Crippen molar-refractivity contribution >= 4 is 0 Å². The molecule has 9 heavy (non-hydrogen) atoms. The second kappa shape index (κ2) is 2.27. The van der Waals surface area contributed by atoms with E-state index in [2.05, 4.69) is 6.92 Å². The van der Waals surface area contributed by atoms with E-state index in [1.165, 1.54) is 6.42 Å². The molecule has 0 amide bonds. The van der Waals surface area contributed by atoms with Gasteiger partial charge in [-0.1, -0.05) is 6.92 Å². The van der Waals surface area contributed by atoms with Crippen molar-refractivity contribution in [2.45, 2.75) is 32.4 Å². The largest absolute Gasteiger partial charge is 0.361 e. The van der Waals surface area contributed by atoms with Crippen molar-refractivity contribution in [2.75, 3.05) is 6.61 Å². The third-order valence-corrected chi connectivity index (χ3v) is 2.17. The van der Waals surface area contributed by atoms with Gasteiger partial charge in [-0.25, -0.2) is 0 Å². The molecule has 0 saturated carbocycles. The first-order chi connectivity index (χ1) is 4.13. The minimum absolute atomic E-state index is 0.363. The second-order valence-electron chi connectivity index (χ2n) is 3.08. The summed E-state index contributed by atoms with van der Waals surface area (Å²) in [5.74, 6) is 0.506. The van der Waals surface area contributed by atoms with Crippen LogP contribution in [-0.4, -0.2) is 12.3 Å². The number of hydrogen-bond acceptors (Lipinski definition) is 2. The Morgan fingerprint density at radius 3 is 2.67 bits per heavy atom. The minimum Gasteiger partial charge on any atom is -0.361 e. The molecule has 0 aromatic heterocycles. The molecule has 1 aliphatic rings. The molecule has 2 N–H and O–H groups in total. The molecule has 2 atom stereocenters. The van der Waals surface area contributed by atoms with E-state index in [1.807, 2.05) is 6.92 Å². The number of rotatable bonds is 0. The fourth-order valence-corrected chi connectivity index (χ4v) is 1.11. The van der Waals surface area contributed by atoms with Crippen molar-refractivity contribution in [3.8, 4) is 0 Å². The fraction of sp³-hybridized carbons (Fsp3) is 1.00. The number of nitrogens with two attached hydrogens (primary N) is 1. The molecule has 0 aliphatic carbocycles. The van der Waals surface area contributed by atoms with Gasteiger partial charge in [0.05, 0.1) is 0 Å². The molecule has 0 aromatic rings. The Morgan fingerprint density at radius 1 is 1.67 bits per heavy atom. The van der Waals surface area contributed by atoms with Crippen molar-refractivity contribution < 1.29 is 4.74 Å². The Bertz CT molecular complexity index is 101. The van der Waals surface area contributed by atoms with Gasteiger partial charge in [0.1, 0.15) is 5.72 Å². The van der Waals surface area contributed by atoms with Crippen LogP contribution in [0.15, 0.2) is 0 Å². The molecule has 2 unspecified atom stereocenters. The average molecular weight is 129 g/mol. The molecule has 0 spiro atoms. The summed E-state index contributed by atoms with van der Waals surface area (Å²) in [6.45, 7) is 4.92. The second-order valence-corrected chi connectivity index (χ2v) is 3.08. The summed E-state index contributed by atoms with van der Waals surface area (Å²) in [5.41, 5.74) is 5.44. The molecular formula is C7H15NO. The Kier molecular flexibility index (Phi) is 1.78. The SMILES string of the molecule is CC1CCCOC1(C)N. The van der Waals surface area contributed by atoms with Crippen LogP contribution >= 0.6 is 0 Å². The standard InChI is InChI=1S/C7H15NO/c1-6-4-3-5-9-7(6,2)8/h6H,3-5,8H2,1-2H3. The van der Waals surface area contributed by atoms with Gasteiger partial charge in [0.15, 0.2) is 0 Å². The van der Waals surface area contributed by atoms with E-state index in [0.29, 0.717) is 5.92 Å². The van der Waals surface area contributed by atoms with Crippen molar-refractivity contribution in [1.82, 2.24) is 0 Å². The molecule has 0 aromatic carbocycles. The highest BCUT2D eigenvalue weighted by molar-refractivity contribution is 4.77. The third kappa shape index (κ3) is 1.43. The topological polar surface area (TPSA) is 35.2 Å². The highest BCUT2D eigenvalue weighted by Crippen LogP contribution is 2.25. The summed E-state index contributed by atoms with van der Waals surface area (Å²) >= 11 is 0. The normalized spacial score (nSPS) is 45.0. The first-order valence-electron chi connectivity index (χ1n) is 3.56. The summed E-state index contributed by atoms with van der Waals surface area (Å²) in [6.07, 6.45) is 2.36. The molecule has 2 heteroatoms. The average Bonchev–Trinajstić information content (AvgIpc) is 1.77. The molecule has 2 nitrogen and oxygen atoms in total. The monoisotopic (exact) mass is 129 g/mol. The van der Waals surface area contributed by atoms with Crippen molar-refractivity contribution in [3.05, 3.63) is 0 Å². The zero-order valence-electron chi connectivity index (χ0n) is 6.18. The molecule has 1 heterocycles. The lowest BCUT2D eigenvalue weighted by molar-refractivity contribution is -0.0964.